The van der Waals surface area contributed by atoms with Crippen LogP contribution in [0.25, 0.3) is 32.5 Å². The summed E-state index contributed by atoms with van der Waals surface area (Å²) in [6.07, 6.45) is 5.85. The molecule has 4 aromatic rings. The summed E-state index contributed by atoms with van der Waals surface area (Å²) < 4.78 is 1.84. The zero-order valence-corrected chi connectivity index (χ0v) is 17.4. The predicted octanol–water partition coefficient (Wildman–Crippen LogP) is 3.99. The van der Waals surface area contributed by atoms with E-state index in [-0.39, 0.29) is 0 Å². The number of nitrogens with zero attached hydrogens (tertiary/aromatic N) is 6. The van der Waals surface area contributed by atoms with Crippen LogP contribution in [0.15, 0.2) is 30.7 Å². The Morgan fingerprint density at radius 1 is 1.17 bits per heavy atom. The molecule has 1 N–H and O–H groups in total. The molecule has 1 aliphatic heterocycles. The average Bonchev–Trinajstić information content (AvgIpc) is 3.39. The normalized spacial score (nSPS) is 15.8. The van der Waals surface area contributed by atoms with Gasteiger partial charge in [0.05, 0.1) is 12.1 Å². The van der Waals surface area contributed by atoms with Crippen LogP contribution in [0.2, 0.25) is 0 Å². The van der Waals surface area contributed by atoms with Crippen LogP contribution in [0.3, 0.4) is 0 Å². The molecule has 0 spiro atoms. The topological polar surface area (TPSA) is 66.5 Å². The number of aromatic nitrogens is 5. The molecule has 152 valence electrons. The van der Waals surface area contributed by atoms with Crippen LogP contribution in [0.4, 0.5) is 0 Å². The Morgan fingerprint density at radius 2 is 2.00 bits per heavy atom. The number of likely N-dealkylation sites (tertiary alicyclic amines) is 1. The summed E-state index contributed by atoms with van der Waals surface area (Å²) in [6, 6.07) is 6.63. The molecule has 30 heavy (non-hydrogen) atoms. The van der Waals surface area contributed by atoms with Gasteiger partial charge in [-0.15, -0.1) is 0 Å². The number of pyridine rings is 1. The van der Waals surface area contributed by atoms with Gasteiger partial charge < -0.3 is 4.85 Å². The van der Waals surface area contributed by atoms with Crippen molar-refractivity contribution < 1.29 is 0 Å². The molecule has 3 aromatic heterocycles. The zero-order valence-electron chi connectivity index (χ0n) is 17.4. The van der Waals surface area contributed by atoms with Crippen LogP contribution < -0.4 is 0 Å². The van der Waals surface area contributed by atoms with Crippen LogP contribution in [0.1, 0.15) is 35.6 Å². The first-order valence-corrected chi connectivity index (χ1v) is 10.5. The maximum Gasteiger partial charge on any atom is 0.227 e. The van der Waals surface area contributed by atoms with Gasteiger partial charge in [-0.1, -0.05) is 0 Å². The van der Waals surface area contributed by atoms with E-state index in [0.29, 0.717) is 12.5 Å². The van der Waals surface area contributed by atoms with Crippen LogP contribution in [-0.4, -0.2) is 55.9 Å². The number of benzene rings is 1. The van der Waals surface area contributed by atoms with Gasteiger partial charge in [0.1, 0.15) is 6.33 Å². The second kappa shape index (κ2) is 7.54. The summed E-state index contributed by atoms with van der Waals surface area (Å²) >= 11 is 0. The molecule has 7 heteroatoms. The van der Waals surface area contributed by atoms with E-state index in [2.05, 4.69) is 62.1 Å². The highest BCUT2D eigenvalue weighted by Crippen LogP contribution is 2.35. The number of rotatable bonds is 4. The number of hydrogen-bond acceptors (Lipinski definition) is 4. The molecule has 0 unspecified atom stereocenters. The molecule has 0 amide bonds. The summed E-state index contributed by atoms with van der Waals surface area (Å²) in [7, 11) is 0. The van der Waals surface area contributed by atoms with Crippen molar-refractivity contribution in [2.45, 2.75) is 32.6 Å². The van der Waals surface area contributed by atoms with Crippen molar-refractivity contribution in [3.8, 4) is 11.1 Å². The van der Waals surface area contributed by atoms with Crippen molar-refractivity contribution >= 4 is 16.6 Å². The van der Waals surface area contributed by atoms with Crippen LogP contribution in [-0.2, 0) is 0 Å². The van der Waals surface area contributed by atoms with E-state index >= 15 is 0 Å². The third-order valence-electron chi connectivity index (χ3n) is 6.32. The number of aromatic amines is 1. The maximum absolute atomic E-state index is 6.98. The Balaban J connectivity index is 1.46. The lowest BCUT2D eigenvalue weighted by Crippen LogP contribution is -2.34. The number of piperidine rings is 1. The highest BCUT2D eigenvalue weighted by atomic mass is 15.3. The fraction of sp³-hybridized carbons (Fsp3) is 0.391. The third kappa shape index (κ3) is 3.23. The first-order valence-electron chi connectivity index (χ1n) is 10.5. The standard InChI is InChI=1S/C23H25N7/c1-15-11-20-21(12-19(15)18-10-16(2)23-25-14-26-30(23)13-18)27-28-22(20)17-4-7-29(8-5-17)9-6-24-3/h10-14,17H,4-9H2,1-2H3,(H,27,28). The lowest BCUT2D eigenvalue weighted by atomic mass is 9.90. The second-order valence-electron chi connectivity index (χ2n) is 8.26. The largest absolute Gasteiger partial charge is 0.316 e. The first kappa shape index (κ1) is 18.8. The SMILES string of the molecule is [C-]#[N+]CCN1CCC(c2[nH]nc3cc(-c4cc(C)c5ncnn5c4)c(C)cc23)CC1. The highest BCUT2D eigenvalue weighted by Gasteiger charge is 2.24. The number of aryl methyl sites for hydroxylation is 2. The summed E-state index contributed by atoms with van der Waals surface area (Å²) in [5.41, 5.74) is 7.81. The van der Waals surface area contributed by atoms with E-state index < -0.39 is 0 Å². The van der Waals surface area contributed by atoms with Crippen molar-refractivity contribution in [1.82, 2.24) is 29.7 Å². The zero-order chi connectivity index (χ0) is 20.7. The molecule has 1 saturated heterocycles. The van der Waals surface area contributed by atoms with Gasteiger partial charge in [0.15, 0.2) is 5.65 Å². The molecular formula is C23H25N7. The predicted molar refractivity (Wildman–Crippen MR) is 117 cm³/mol. The van der Waals surface area contributed by atoms with E-state index in [1.807, 2.05) is 10.7 Å². The van der Waals surface area contributed by atoms with E-state index in [1.54, 1.807) is 6.33 Å². The van der Waals surface area contributed by atoms with Gasteiger partial charge in [0.2, 0.25) is 6.54 Å². The molecule has 0 radical (unpaired) electrons. The van der Waals surface area contributed by atoms with E-state index in [9.17, 15) is 0 Å². The molecular weight excluding hydrogens is 374 g/mol. The fourth-order valence-corrected chi connectivity index (χ4v) is 4.69. The number of nitrogens with one attached hydrogen (secondary N) is 1. The fourth-order valence-electron chi connectivity index (χ4n) is 4.69. The molecule has 0 atom stereocenters. The second-order valence-corrected chi connectivity index (χ2v) is 8.26. The monoisotopic (exact) mass is 399 g/mol. The Labute approximate surface area is 175 Å². The Hall–Kier alpha value is -3.24. The van der Waals surface area contributed by atoms with Gasteiger partial charge in [0.25, 0.3) is 0 Å². The smallest absolute Gasteiger partial charge is 0.227 e. The Morgan fingerprint density at radius 3 is 2.80 bits per heavy atom. The molecule has 4 heterocycles. The minimum atomic E-state index is 0.498. The van der Waals surface area contributed by atoms with Crippen LogP contribution in [0.5, 0.6) is 0 Å². The van der Waals surface area contributed by atoms with Crippen molar-refractivity contribution in [1.29, 1.82) is 0 Å². The lowest BCUT2D eigenvalue weighted by molar-refractivity contribution is 0.220. The molecule has 1 aromatic carbocycles. The lowest BCUT2D eigenvalue weighted by Gasteiger charge is -2.30. The van der Waals surface area contributed by atoms with Crippen LogP contribution >= 0.6 is 0 Å². The van der Waals surface area contributed by atoms with Crippen molar-refractivity contribution in [2.75, 3.05) is 26.2 Å². The first-order chi connectivity index (χ1) is 14.6. The van der Waals surface area contributed by atoms with Gasteiger partial charge in [-0.05, 0) is 74.7 Å². The Kier molecular flexibility index (Phi) is 4.72. The summed E-state index contributed by atoms with van der Waals surface area (Å²) in [4.78, 5) is 10.2. The van der Waals surface area contributed by atoms with Gasteiger partial charge in [-0.2, -0.15) is 10.2 Å². The van der Waals surface area contributed by atoms with Crippen molar-refractivity contribution in [3.05, 3.63) is 59.0 Å². The molecule has 1 aliphatic rings. The number of H-pyrrole nitrogens is 1. The number of fused-ring (bicyclic) bond motifs is 2. The molecule has 1 fully saturated rings. The van der Waals surface area contributed by atoms with E-state index in [4.69, 9.17) is 6.57 Å². The summed E-state index contributed by atoms with van der Waals surface area (Å²) in [6.45, 7) is 14.8. The third-order valence-corrected chi connectivity index (χ3v) is 6.32. The average molecular weight is 400 g/mol. The molecule has 5 rings (SSSR count). The Bertz CT molecular complexity index is 1250. The minimum Gasteiger partial charge on any atom is -0.316 e. The minimum absolute atomic E-state index is 0.498. The van der Waals surface area contributed by atoms with E-state index in [1.165, 1.54) is 22.2 Å². The highest BCUT2D eigenvalue weighted by molar-refractivity contribution is 5.88. The summed E-state index contributed by atoms with van der Waals surface area (Å²) in [5, 5.41) is 13.5. The van der Waals surface area contributed by atoms with Crippen LogP contribution in [0, 0.1) is 20.4 Å². The van der Waals surface area contributed by atoms with Gasteiger partial charge in [-0.25, -0.2) is 16.1 Å². The van der Waals surface area contributed by atoms with Gasteiger partial charge in [0, 0.05) is 28.8 Å². The molecule has 0 aliphatic carbocycles. The summed E-state index contributed by atoms with van der Waals surface area (Å²) in [5.74, 6) is 0.498. The van der Waals surface area contributed by atoms with Crippen molar-refractivity contribution in [2.24, 2.45) is 0 Å². The van der Waals surface area contributed by atoms with Gasteiger partial charge in [-0.3, -0.25) is 10.00 Å². The molecule has 0 bridgehead atoms. The van der Waals surface area contributed by atoms with E-state index in [0.717, 1.165) is 54.8 Å². The quantitative estimate of drug-likeness (QED) is 0.527. The molecule has 0 saturated carbocycles. The van der Waals surface area contributed by atoms with Crippen molar-refractivity contribution in [3.63, 3.8) is 0 Å². The maximum atomic E-state index is 6.98. The number of hydrogen-bond donors (Lipinski definition) is 1. The van der Waals surface area contributed by atoms with Gasteiger partial charge >= 0.3 is 0 Å². The molecule has 7 nitrogen and oxygen atoms in total.